The third-order valence-electron chi connectivity index (χ3n) is 4.64. The lowest BCUT2D eigenvalue weighted by Gasteiger charge is -2.33. The first-order valence-corrected chi connectivity index (χ1v) is 7.85. The van der Waals surface area contributed by atoms with Gasteiger partial charge in [0.05, 0.1) is 31.2 Å². The van der Waals surface area contributed by atoms with E-state index >= 15 is 0 Å². The molecular formula is C17H20N2O4. The second-order valence-electron chi connectivity index (χ2n) is 5.96. The fourth-order valence-corrected chi connectivity index (χ4v) is 3.36. The van der Waals surface area contributed by atoms with Crippen molar-refractivity contribution in [2.24, 2.45) is 5.92 Å². The molecule has 1 aromatic carbocycles. The average Bonchev–Trinajstić information content (AvgIpc) is 2.89. The molecule has 2 amide bonds. The fraction of sp³-hybridized carbons (Fsp3) is 0.471. The molecular weight excluding hydrogens is 296 g/mol. The van der Waals surface area contributed by atoms with Crippen molar-refractivity contribution in [3.8, 4) is 0 Å². The van der Waals surface area contributed by atoms with E-state index in [-0.39, 0.29) is 30.1 Å². The number of carbonyl (C=O) groups excluding carboxylic acids is 3. The van der Waals surface area contributed by atoms with Gasteiger partial charge in [-0.3, -0.25) is 19.3 Å². The lowest BCUT2D eigenvalue weighted by atomic mass is 9.95. The number of para-hydroxylation sites is 1. The number of rotatable bonds is 3. The van der Waals surface area contributed by atoms with E-state index in [1.807, 2.05) is 23.1 Å². The molecule has 6 nitrogen and oxygen atoms in total. The number of methoxy groups -OCH3 is 1. The number of amides is 2. The molecule has 0 bridgehead atoms. The summed E-state index contributed by atoms with van der Waals surface area (Å²) in [7, 11) is 1.39. The normalized spacial score (nSPS) is 23.3. The van der Waals surface area contributed by atoms with E-state index in [9.17, 15) is 14.4 Å². The highest BCUT2D eigenvalue weighted by molar-refractivity contribution is 6.22. The van der Waals surface area contributed by atoms with Crippen LogP contribution in [0.25, 0.3) is 0 Å². The molecule has 2 heterocycles. The van der Waals surface area contributed by atoms with E-state index < -0.39 is 6.04 Å². The van der Waals surface area contributed by atoms with E-state index in [4.69, 9.17) is 4.74 Å². The molecule has 1 aromatic rings. The molecule has 23 heavy (non-hydrogen) atoms. The largest absolute Gasteiger partial charge is 0.469 e. The summed E-state index contributed by atoms with van der Waals surface area (Å²) in [6.07, 6.45) is 1.53. The summed E-state index contributed by atoms with van der Waals surface area (Å²) >= 11 is 0. The van der Waals surface area contributed by atoms with Crippen LogP contribution in [0.1, 0.15) is 19.3 Å². The minimum absolute atomic E-state index is 0.103. The number of likely N-dealkylation sites (tertiary alicyclic amines) is 1. The minimum Gasteiger partial charge on any atom is -0.469 e. The molecule has 2 aliphatic rings. The van der Waals surface area contributed by atoms with Gasteiger partial charge in [-0.2, -0.15) is 0 Å². The molecule has 2 fully saturated rings. The molecule has 122 valence electrons. The maximum atomic E-state index is 12.7. The topological polar surface area (TPSA) is 66.9 Å². The Morgan fingerprint density at radius 2 is 1.78 bits per heavy atom. The standard InChI is InChI=1S/C17H20N2O4/c1-23-17(22)12-7-9-18(10-8-12)14-11-15(20)19(16(14)21)13-5-3-2-4-6-13/h2-6,12,14H,7-11H2,1H3/t14-/m1/s1. The Kier molecular flexibility index (Phi) is 4.43. The first-order chi connectivity index (χ1) is 11.1. The van der Waals surface area contributed by atoms with Gasteiger partial charge in [0.1, 0.15) is 0 Å². The molecule has 2 aliphatic heterocycles. The number of esters is 1. The smallest absolute Gasteiger partial charge is 0.308 e. The molecule has 2 saturated heterocycles. The predicted octanol–water partition coefficient (Wildman–Crippen LogP) is 1.20. The first-order valence-electron chi connectivity index (χ1n) is 7.85. The molecule has 1 atom stereocenters. The molecule has 0 saturated carbocycles. The van der Waals surface area contributed by atoms with Crippen LogP contribution < -0.4 is 4.90 Å². The quantitative estimate of drug-likeness (QED) is 0.619. The van der Waals surface area contributed by atoms with Crippen molar-refractivity contribution in [3.63, 3.8) is 0 Å². The molecule has 0 aromatic heterocycles. The van der Waals surface area contributed by atoms with Gasteiger partial charge in [-0.1, -0.05) is 18.2 Å². The number of carbonyl (C=O) groups is 3. The van der Waals surface area contributed by atoms with E-state index in [1.54, 1.807) is 12.1 Å². The summed E-state index contributed by atoms with van der Waals surface area (Å²) < 4.78 is 4.78. The van der Waals surface area contributed by atoms with Crippen molar-refractivity contribution in [2.45, 2.75) is 25.3 Å². The van der Waals surface area contributed by atoms with Crippen LogP contribution >= 0.6 is 0 Å². The number of imide groups is 1. The van der Waals surface area contributed by atoms with Gasteiger partial charge in [0.25, 0.3) is 5.91 Å². The Morgan fingerprint density at radius 1 is 1.13 bits per heavy atom. The van der Waals surface area contributed by atoms with Gasteiger partial charge in [0.15, 0.2) is 0 Å². The van der Waals surface area contributed by atoms with Gasteiger partial charge < -0.3 is 4.74 Å². The van der Waals surface area contributed by atoms with Gasteiger partial charge in [-0.25, -0.2) is 4.90 Å². The summed E-state index contributed by atoms with van der Waals surface area (Å²) in [5, 5.41) is 0. The number of anilines is 1. The summed E-state index contributed by atoms with van der Waals surface area (Å²) in [5.41, 5.74) is 0.620. The van der Waals surface area contributed by atoms with Crippen LogP contribution in [0.15, 0.2) is 30.3 Å². The van der Waals surface area contributed by atoms with Crippen molar-refractivity contribution in [1.82, 2.24) is 4.90 Å². The van der Waals surface area contributed by atoms with Crippen molar-refractivity contribution in [3.05, 3.63) is 30.3 Å². The van der Waals surface area contributed by atoms with Gasteiger partial charge >= 0.3 is 5.97 Å². The van der Waals surface area contributed by atoms with Gasteiger partial charge in [0, 0.05) is 0 Å². The molecule has 3 rings (SSSR count). The number of benzene rings is 1. The summed E-state index contributed by atoms with van der Waals surface area (Å²) in [6.45, 7) is 1.26. The molecule has 0 aliphatic carbocycles. The second kappa shape index (κ2) is 6.50. The second-order valence-corrected chi connectivity index (χ2v) is 5.96. The average molecular weight is 316 g/mol. The first kappa shape index (κ1) is 15.7. The molecule has 0 unspecified atom stereocenters. The zero-order valence-electron chi connectivity index (χ0n) is 13.1. The molecule has 6 heteroatoms. The molecule has 0 N–H and O–H groups in total. The molecule has 0 spiro atoms. The Bertz CT molecular complexity index is 608. The predicted molar refractivity (Wildman–Crippen MR) is 83.7 cm³/mol. The lowest BCUT2D eigenvalue weighted by molar-refractivity contribution is -0.147. The van der Waals surface area contributed by atoms with Crippen molar-refractivity contribution < 1.29 is 19.1 Å². The van der Waals surface area contributed by atoms with Crippen LogP contribution in [-0.4, -0.2) is 48.9 Å². The highest BCUT2D eigenvalue weighted by Crippen LogP contribution is 2.28. The number of ether oxygens (including phenoxy) is 1. The Hall–Kier alpha value is -2.21. The third kappa shape index (κ3) is 2.99. The van der Waals surface area contributed by atoms with Crippen molar-refractivity contribution >= 4 is 23.5 Å². The van der Waals surface area contributed by atoms with Crippen molar-refractivity contribution in [1.29, 1.82) is 0 Å². The maximum absolute atomic E-state index is 12.7. The zero-order chi connectivity index (χ0) is 16.4. The van der Waals surface area contributed by atoms with E-state index in [0.29, 0.717) is 31.6 Å². The van der Waals surface area contributed by atoms with Crippen LogP contribution in [0, 0.1) is 5.92 Å². The number of hydrogen-bond acceptors (Lipinski definition) is 5. The lowest BCUT2D eigenvalue weighted by Crippen LogP contribution is -2.46. The number of piperidine rings is 1. The van der Waals surface area contributed by atoms with Crippen LogP contribution in [0.3, 0.4) is 0 Å². The third-order valence-corrected chi connectivity index (χ3v) is 4.64. The van der Waals surface area contributed by atoms with E-state index in [2.05, 4.69) is 0 Å². The summed E-state index contributed by atoms with van der Waals surface area (Å²) in [4.78, 5) is 39.8. The van der Waals surface area contributed by atoms with Crippen LogP contribution in [-0.2, 0) is 19.1 Å². The maximum Gasteiger partial charge on any atom is 0.308 e. The van der Waals surface area contributed by atoms with Crippen LogP contribution in [0.5, 0.6) is 0 Å². The Morgan fingerprint density at radius 3 is 2.39 bits per heavy atom. The van der Waals surface area contributed by atoms with Gasteiger partial charge in [0.2, 0.25) is 5.91 Å². The number of nitrogens with zero attached hydrogens (tertiary/aromatic N) is 2. The van der Waals surface area contributed by atoms with Gasteiger partial charge in [-0.05, 0) is 38.1 Å². The van der Waals surface area contributed by atoms with Gasteiger partial charge in [-0.15, -0.1) is 0 Å². The monoisotopic (exact) mass is 316 g/mol. The molecule has 0 radical (unpaired) electrons. The van der Waals surface area contributed by atoms with E-state index in [0.717, 1.165) is 0 Å². The SMILES string of the molecule is COC(=O)C1CCN([C@@H]2CC(=O)N(c3ccccc3)C2=O)CC1. The Balaban J connectivity index is 1.68. The summed E-state index contributed by atoms with van der Waals surface area (Å²) in [6, 6.07) is 8.59. The van der Waals surface area contributed by atoms with Crippen LogP contribution in [0.4, 0.5) is 5.69 Å². The number of hydrogen-bond donors (Lipinski definition) is 0. The minimum atomic E-state index is -0.415. The summed E-state index contributed by atoms with van der Waals surface area (Å²) in [5.74, 6) is -0.628. The van der Waals surface area contributed by atoms with Crippen molar-refractivity contribution in [2.75, 3.05) is 25.1 Å². The van der Waals surface area contributed by atoms with E-state index in [1.165, 1.54) is 12.0 Å². The zero-order valence-corrected chi connectivity index (χ0v) is 13.1. The highest BCUT2D eigenvalue weighted by atomic mass is 16.5. The highest BCUT2D eigenvalue weighted by Gasteiger charge is 2.43. The van der Waals surface area contributed by atoms with Crippen LogP contribution in [0.2, 0.25) is 0 Å². The fourth-order valence-electron chi connectivity index (χ4n) is 3.36. The Labute approximate surface area is 135 Å².